The van der Waals surface area contributed by atoms with E-state index >= 15 is 0 Å². The normalized spacial score (nSPS) is 10.2. The quantitative estimate of drug-likeness (QED) is 0.800. The summed E-state index contributed by atoms with van der Waals surface area (Å²) in [5, 5.41) is 5.22. The van der Waals surface area contributed by atoms with Gasteiger partial charge in [-0.15, -0.1) is 11.3 Å². The van der Waals surface area contributed by atoms with Gasteiger partial charge in [0, 0.05) is 24.8 Å². The molecule has 120 valence electrons. The largest absolute Gasteiger partial charge is 0.355 e. The number of hydrogen-bond acceptors (Lipinski definition) is 4. The van der Waals surface area contributed by atoms with Crippen molar-refractivity contribution in [2.24, 2.45) is 0 Å². The number of thiophene rings is 1. The number of Topliss-reactive ketones (excluding diaryl/α,β-unsaturated/α-hetero) is 1. The fraction of sp³-hybridized carbons (Fsp3) is 0.235. The summed E-state index contributed by atoms with van der Waals surface area (Å²) in [5.41, 5.74) is 0.833. The third kappa shape index (κ3) is 4.50. The lowest BCUT2D eigenvalue weighted by Crippen LogP contribution is -2.21. The fourth-order valence-corrected chi connectivity index (χ4v) is 2.91. The highest BCUT2D eigenvalue weighted by Gasteiger charge is 2.14. The maximum Gasteiger partial charge on any atom is 0.253 e. The Morgan fingerprint density at radius 3 is 2.43 bits per heavy atom. The lowest BCUT2D eigenvalue weighted by atomic mass is 10.1. The van der Waals surface area contributed by atoms with Crippen LogP contribution in [-0.2, 0) is 4.79 Å². The number of ketones is 1. The Labute approximate surface area is 138 Å². The van der Waals surface area contributed by atoms with Gasteiger partial charge in [-0.05, 0) is 31.2 Å². The number of aryl methyl sites for hydroxylation is 1. The molecule has 0 unspecified atom stereocenters. The van der Waals surface area contributed by atoms with Crippen LogP contribution >= 0.6 is 11.3 Å². The van der Waals surface area contributed by atoms with E-state index in [0.29, 0.717) is 16.1 Å². The first-order valence-electron chi connectivity index (χ1n) is 7.22. The van der Waals surface area contributed by atoms with Gasteiger partial charge in [-0.2, -0.15) is 0 Å². The molecule has 0 aliphatic carbocycles. The van der Waals surface area contributed by atoms with Gasteiger partial charge < -0.3 is 10.6 Å². The van der Waals surface area contributed by atoms with Gasteiger partial charge in [0.2, 0.25) is 5.91 Å². The second-order valence-electron chi connectivity index (χ2n) is 5.01. The predicted octanol–water partition coefficient (Wildman–Crippen LogP) is 3.02. The molecular weight excluding hydrogens is 312 g/mol. The van der Waals surface area contributed by atoms with Crippen molar-refractivity contribution in [1.29, 1.82) is 0 Å². The highest BCUT2D eigenvalue weighted by molar-refractivity contribution is 7.14. The van der Waals surface area contributed by atoms with Crippen LogP contribution in [0.15, 0.2) is 36.4 Å². The zero-order valence-corrected chi connectivity index (χ0v) is 13.8. The SMILES string of the molecule is CNC(=O)c1ccccc1NC(=O)CCC(=O)c1ccc(C)s1. The first-order valence-corrected chi connectivity index (χ1v) is 8.03. The molecule has 6 heteroatoms. The number of hydrogen-bond donors (Lipinski definition) is 2. The summed E-state index contributed by atoms with van der Waals surface area (Å²) in [5.74, 6) is -0.605. The van der Waals surface area contributed by atoms with E-state index < -0.39 is 0 Å². The number of nitrogens with one attached hydrogen (secondary N) is 2. The molecule has 2 rings (SSSR count). The van der Waals surface area contributed by atoms with Gasteiger partial charge in [-0.3, -0.25) is 14.4 Å². The van der Waals surface area contributed by atoms with Crippen molar-refractivity contribution in [3.05, 3.63) is 51.7 Å². The Kier molecular flexibility index (Phi) is 5.65. The van der Waals surface area contributed by atoms with Crippen molar-refractivity contribution in [3.63, 3.8) is 0 Å². The predicted molar refractivity (Wildman–Crippen MR) is 91.1 cm³/mol. The van der Waals surface area contributed by atoms with Gasteiger partial charge in [0.25, 0.3) is 5.91 Å². The van der Waals surface area contributed by atoms with E-state index in [0.717, 1.165) is 4.88 Å². The van der Waals surface area contributed by atoms with Crippen LogP contribution in [-0.4, -0.2) is 24.6 Å². The maximum absolute atomic E-state index is 12.0. The molecular formula is C17H18N2O3S. The first-order chi connectivity index (χ1) is 11.0. The van der Waals surface area contributed by atoms with Gasteiger partial charge >= 0.3 is 0 Å². The Morgan fingerprint density at radius 2 is 1.78 bits per heavy atom. The average Bonchev–Trinajstić information content (AvgIpc) is 2.99. The number of rotatable bonds is 6. The third-order valence-electron chi connectivity index (χ3n) is 3.27. The van der Waals surface area contributed by atoms with E-state index in [-0.39, 0.29) is 30.4 Å². The summed E-state index contributed by atoms with van der Waals surface area (Å²) < 4.78 is 0. The number of benzene rings is 1. The molecule has 23 heavy (non-hydrogen) atoms. The number of anilines is 1. The smallest absolute Gasteiger partial charge is 0.253 e. The molecule has 0 saturated carbocycles. The third-order valence-corrected chi connectivity index (χ3v) is 4.31. The zero-order chi connectivity index (χ0) is 16.8. The van der Waals surface area contributed by atoms with Crippen LogP contribution in [0.25, 0.3) is 0 Å². The Balaban J connectivity index is 1.95. The molecule has 2 N–H and O–H groups in total. The molecule has 2 amide bonds. The second-order valence-corrected chi connectivity index (χ2v) is 6.29. The van der Waals surface area contributed by atoms with E-state index in [4.69, 9.17) is 0 Å². The van der Waals surface area contributed by atoms with Gasteiger partial charge in [0.05, 0.1) is 16.1 Å². The van der Waals surface area contributed by atoms with Crippen LogP contribution < -0.4 is 10.6 Å². The second kappa shape index (κ2) is 7.69. The van der Waals surface area contributed by atoms with Crippen LogP contribution in [0, 0.1) is 6.92 Å². The number of para-hydroxylation sites is 1. The minimum atomic E-state index is -0.289. The van der Waals surface area contributed by atoms with E-state index in [1.54, 1.807) is 30.3 Å². The average molecular weight is 330 g/mol. The Hall–Kier alpha value is -2.47. The lowest BCUT2D eigenvalue weighted by molar-refractivity contribution is -0.116. The molecule has 1 aromatic carbocycles. The molecule has 0 fully saturated rings. The van der Waals surface area contributed by atoms with Gasteiger partial charge in [-0.1, -0.05) is 12.1 Å². The maximum atomic E-state index is 12.0. The van der Waals surface area contributed by atoms with Gasteiger partial charge in [0.1, 0.15) is 0 Å². The summed E-state index contributed by atoms with van der Waals surface area (Å²) in [7, 11) is 1.53. The number of carbonyl (C=O) groups excluding carboxylic acids is 3. The van der Waals surface area contributed by atoms with Crippen LogP contribution in [0.1, 0.15) is 37.7 Å². The van der Waals surface area contributed by atoms with Crippen molar-refractivity contribution >= 4 is 34.6 Å². The molecule has 0 atom stereocenters. The van der Waals surface area contributed by atoms with E-state index in [2.05, 4.69) is 10.6 Å². The monoisotopic (exact) mass is 330 g/mol. The Bertz CT molecular complexity index is 737. The minimum absolute atomic E-state index is 0.0437. The van der Waals surface area contributed by atoms with Crippen molar-refractivity contribution in [3.8, 4) is 0 Å². The van der Waals surface area contributed by atoms with E-state index in [1.165, 1.54) is 18.4 Å². The van der Waals surface area contributed by atoms with E-state index in [9.17, 15) is 14.4 Å². The molecule has 0 aliphatic heterocycles. The van der Waals surface area contributed by atoms with Crippen molar-refractivity contribution in [2.45, 2.75) is 19.8 Å². The van der Waals surface area contributed by atoms with Gasteiger partial charge in [0.15, 0.2) is 5.78 Å². The number of carbonyl (C=O) groups is 3. The minimum Gasteiger partial charge on any atom is -0.355 e. The summed E-state index contributed by atoms with van der Waals surface area (Å²) in [6, 6.07) is 10.4. The fourth-order valence-electron chi connectivity index (χ4n) is 2.07. The molecule has 0 aliphatic rings. The van der Waals surface area contributed by atoms with Crippen molar-refractivity contribution in [2.75, 3.05) is 12.4 Å². The topological polar surface area (TPSA) is 75.3 Å². The summed E-state index contributed by atoms with van der Waals surface area (Å²) in [6.45, 7) is 1.93. The van der Waals surface area contributed by atoms with Gasteiger partial charge in [-0.25, -0.2) is 0 Å². The zero-order valence-electron chi connectivity index (χ0n) is 13.0. The molecule has 0 saturated heterocycles. The van der Waals surface area contributed by atoms with Crippen molar-refractivity contribution in [1.82, 2.24) is 5.32 Å². The molecule has 5 nitrogen and oxygen atoms in total. The Morgan fingerprint density at radius 1 is 1.04 bits per heavy atom. The lowest BCUT2D eigenvalue weighted by Gasteiger charge is -2.09. The van der Waals surface area contributed by atoms with Crippen LogP contribution in [0.3, 0.4) is 0 Å². The molecule has 1 heterocycles. The summed E-state index contributed by atoms with van der Waals surface area (Å²) in [6.07, 6.45) is 0.228. The van der Waals surface area contributed by atoms with Crippen LogP contribution in [0.5, 0.6) is 0 Å². The molecule has 0 radical (unpaired) electrons. The van der Waals surface area contributed by atoms with Crippen molar-refractivity contribution < 1.29 is 14.4 Å². The molecule has 0 spiro atoms. The molecule has 0 bridgehead atoms. The van der Waals surface area contributed by atoms with Crippen LogP contribution in [0.4, 0.5) is 5.69 Å². The highest BCUT2D eigenvalue weighted by Crippen LogP contribution is 2.18. The summed E-state index contributed by atoms with van der Waals surface area (Å²) >= 11 is 1.43. The first kappa shape index (κ1) is 16.9. The molecule has 2 aromatic rings. The number of amides is 2. The van der Waals surface area contributed by atoms with Crippen LogP contribution in [0.2, 0.25) is 0 Å². The highest BCUT2D eigenvalue weighted by atomic mass is 32.1. The summed E-state index contributed by atoms with van der Waals surface area (Å²) in [4.78, 5) is 37.5. The van der Waals surface area contributed by atoms with E-state index in [1.807, 2.05) is 13.0 Å². The molecule has 1 aromatic heterocycles. The standard InChI is InChI=1S/C17H18N2O3S/c1-11-7-9-15(23-11)14(20)8-10-16(21)19-13-6-4-3-5-12(13)17(22)18-2/h3-7,9H,8,10H2,1-2H3,(H,18,22)(H,19,21).